The molecule has 21 heavy (non-hydrogen) atoms. The molecule has 0 fully saturated rings. The summed E-state index contributed by atoms with van der Waals surface area (Å²) in [5.41, 5.74) is 2.26. The van der Waals surface area contributed by atoms with Gasteiger partial charge >= 0.3 is 0 Å². The number of hydrogen-bond donors (Lipinski definition) is 1. The fraction of sp³-hybridized carbons (Fsp3) is 0.235. The molecule has 1 aromatic carbocycles. The Bertz CT molecular complexity index is 605. The lowest BCUT2D eigenvalue weighted by Gasteiger charge is -2.18. The molecule has 0 aliphatic rings. The summed E-state index contributed by atoms with van der Waals surface area (Å²) >= 11 is 1.60. The Balaban J connectivity index is 1.91. The molecule has 0 aliphatic heterocycles. The van der Waals surface area contributed by atoms with E-state index in [9.17, 15) is 4.79 Å². The van der Waals surface area contributed by atoms with Crippen molar-refractivity contribution in [2.75, 3.05) is 13.7 Å². The van der Waals surface area contributed by atoms with E-state index < -0.39 is 0 Å². The molecule has 0 bridgehead atoms. The maximum atomic E-state index is 11.8. The van der Waals surface area contributed by atoms with E-state index in [-0.39, 0.29) is 12.0 Å². The van der Waals surface area contributed by atoms with Gasteiger partial charge in [-0.15, -0.1) is 11.3 Å². The molecule has 1 atom stereocenters. The molecule has 2 aromatic rings. The number of methoxy groups -OCH3 is 1. The molecule has 0 saturated heterocycles. The van der Waals surface area contributed by atoms with E-state index in [0.717, 1.165) is 16.0 Å². The van der Waals surface area contributed by atoms with Crippen LogP contribution >= 0.6 is 11.3 Å². The van der Waals surface area contributed by atoms with Gasteiger partial charge in [-0.2, -0.15) is 0 Å². The molecule has 1 N–H and O–H groups in total. The van der Waals surface area contributed by atoms with Crippen LogP contribution in [0.1, 0.15) is 22.1 Å². The van der Waals surface area contributed by atoms with E-state index in [1.54, 1.807) is 24.5 Å². The zero-order chi connectivity index (χ0) is 15.1. The highest BCUT2D eigenvalue weighted by molar-refractivity contribution is 7.10. The van der Waals surface area contributed by atoms with Crippen LogP contribution < -0.4 is 5.32 Å². The van der Waals surface area contributed by atoms with Crippen molar-refractivity contribution in [1.29, 1.82) is 0 Å². The molecule has 3 nitrogen and oxygen atoms in total. The van der Waals surface area contributed by atoms with Crippen LogP contribution in [0.2, 0.25) is 0 Å². The van der Waals surface area contributed by atoms with E-state index in [1.165, 1.54) is 0 Å². The average molecular weight is 301 g/mol. The molecular weight excluding hydrogens is 282 g/mol. The normalized spacial score (nSPS) is 12.5. The van der Waals surface area contributed by atoms with Gasteiger partial charge in [0.25, 0.3) is 0 Å². The number of carbonyl (C=O) groups excluding carboxylic acids is 1. The lowest BCUT2D eigenvalue weighted by molar-refractivity contribution is -0.117. The van der Waals surface area contributed by atoms with Crippen LogP contribution in [0.4, 0.5) is 0 Å². The standard InChI is InChI=1S/C17H19NO2S/c1-13-6-3-4-8-15(13)16(20-2)12-18-17(19)10-9-14-7-5-11-21-14/h3-11,16H,12H2,1-2H3,(H,18,19)/b10-9+. The summed E-state index contributed by atoms with van der Waals surface area (Å²) in [6.07, 6.45) is 3.23. The summed E-state index contributed by atoms with van der Waals surface area (Å²) in [6.45, 7) is 2.49. The number of carbonyl (C=O) groups is 1. The second-order valence-electron chi connectivity index (χ2n) is 4.67. The molecule has 1 heterocycles. The van der Waals surface area contributed by atoms with Crippen molar-refractivity contribution < 1.29 is 9.53 Å². The van der Waals surface area contributed by atoms with E-state index in [1.807, 2.05) is 54.8 Å². The van der Waals surface area contributed by atoms with Gasteiger partial charge in [-0.25, -0.2) is 0 Å². The van der Waals surface area contributed by atoms with Crippen LogP contribution in [0.5, 0.6) is 0 Å². The van der Waals surface area contributed by atoms with Crippen molar-refractivity contribution in [3.05, 3.63) is 63.9 Å². The highest BCUT2D eigenvalue weighted by atomic mass is 32.1. The topological polar surface area (TPSA) is 38.3 Å². The Morgan fingerprint density at radius 1 is 1.33 bits per heavy atom. The molecule has 0 aliphatic carbocycles. The molecule has 110 valence electrons. The first-order valence-corrected chi connectivity index (χ1v) is 7.66. The Hall–Kier alpha value is -1.91. The van der Waals surface area contributed by atoms with Gasteiger partial charge in [0.05, 0.1) is 6.10 Å². The molecule has 0 radical (unpaired) electrons. The van der Waals surface area contributed by atoms with E-state index >= 15 is 0 Å². The number of nitrogens with one attached hydrogen (secondary N) is 1. The summed E-state index contributed by atoms with van der Waals surface area (Å²) in [5.74, 6) is -0.112. The van der Waals surface area contributed by atoms with Crippen LogP contribution in [-0.2, 0) is 9.53 Å². The average Bonchev–Trinajstić information content (AvgIpc) is 3.01. The highest BCUT2D eigenvalue weighted by Crippen LogP contribution is 2.19. The third-order valence-corrected chi connectivity index (χ3v) is 4.06. The predicted octanol–water partition coefficient (Wildman–Crippen LogP) is 3.57. The molecule has 1 unspecified atom stereocenters. The number of hydrogen-bond acceptors (Lipinski definition) is 3. The third kappa shape index (κ3) is 4.55. The Labute approximate surface area is 129 Å². The van der Waals surface area contributed by atoms with Crippen LogP contribution in [0.15, 0.2) is 47.9 Å². The zero-order valence-electron chi connectivity index (χ0n) is 12.2. The maximum absolute atomic E-state index is 11.8. The Morgan fingerprint density at radius 3 is 2.81 bits per heavy atom. The number of aryl methyl sites for hydroxylation is 1. The number of thiophene rings is 1. The van der Waals surface area contributed by atoms with Crippen molar-refractivity contribution in [2.45, 2.75) is 13.0 Å². The fourth-order valence-electron chi connectivity index (χ4n) is 2.06. The van der Waals surface area contributed by atoms with Crippen LogP contribution in [0, 0.1) is 6.92 Å². The summed E-state index contributed by atoms with van der Waals surface area (Å²) in [5, 5.41) is 4.86. The van der Waals surface area contributed by atoms with Crippen molar-refractivity contribution in [3.63, 3.8) is 0 Å². The van der Waals surface area contributed by atoms with Gasteiger partial charge in [0.1, 0.15) is 0 Å². The minimum Gasteiger partial charge on any atom is -0.375 e. The molecule has 1 aromatic heterocycles. The third-order valence-electron chi connectivity index (χ3n) is 3.22. The van der Waals surface area contributed by atoms with Crippen LogP contribution in [0.3, 0.4) is 0 Å². The van der Waals surface area contributed by atoms with Gasteiger partial charge in [0, 0.05) is 24.6 Å². The predicted molar refractivity (Wildman–Crippen MR) is 87.3 cm³/mol. The number of benzene rings is 1. The number of ether oxygens (including phenoxy) is 1. The van der Waals surface area contributed by atoms with E-state index in [4.69, 9.17) is 4.74 Å². The molecule has 2 rings (SSSR count). The first-order valence-electron chi connectivity index (χ1n) is 6.78. The quantitative estimate of drug-likeness (QED) is 0.828. The van der Waals surface area contributed by atoms with Gasteiger partial charge in [0.2, 0.25) is 5.91 Å². The zero-order valence-corrected chi connectivity index (χ0v) is 13.0. The minimum absolute atomic E-state index is 0.112. The summed E-state index contributed by atoms with van der Waals surface area (Å²) in [6, 6.07) is 12.0. The largest absolute Gasteiger partial charge is 0.375 e. The monoisotopic (exact) mass is 301 g/mol. The Kier molecular flexibility index (Phi) is 5.72. The number of amides is 1. The molecule has 1 amide bonds. The minimum atomic E-state index is -0.134. The van der Waals surface area contributed by atoms with Gasteiger partial charge in [0.15, 0.2) is 0 Å². The fourth-order valence-corrected chi connectivity index (χ4v) is 2.68. The molecule has 4 heteroatoms. The maximum Gasteiger partial charge on any atom is 0.244 e. The van der Waals surface area contributed by atoms with Gasteiger partial charge in [-0.3, -0.25) is 4.79 Å². The van der Waals surface area contributed by atoms with Gasteiger partial charge in [-0.05, 0) is 35.6 Å². The lowest BCUT2D eigenvalue weighted by Crippen LogP contribution is -2.27. The highest BCUT2D eigenvalue weighted by Gasteiger charge is 2.13. The van der Waals surface area contributed by atoms with E-state index in [2.05, 4.69) is 5.32 Å². The van der Waals surface area contributed by atoms with Gasteiger partial charge < -0.3 is 10.1 Å². The van der Waals surface area contributed by atoms with Crippen molar-refractivity contribution in [3.8, 4) is 0 Å². The smallest absolute Gasteiger partial charge is 0.244 e. The second-order valence-corrected chi connectivity index (χ2v) is 5.65. The summed E-state index contributed by atoms with van der Waals surface area (Å²) in [4.78, 5) is 12.9. The van der Waals surface area contributed by atoms with Crippen molar-refractivity contribution in [1.82, 2.24) is 5.32 Å². The Morgan fingerprint density at radius 2 is 2.14 bits per heavy atom. The first kappa shape index (κ1) is 15.5. The molecule has 0 spiro atoms. The molecule has 0 saturated carbocycles. The summed E-state index contributed by atoms with van der Waals surface area (Å²) < 4.78 is 5.48. The van der Waals surface area contributed by atoms with E-state index in [0.29, 0.717) is 6.54 Å². The van der Waals surface area contributed by atoms with Crippen LogP contribution in [0.25, 0.3) is 6.08 Å². The van der Waals surface area contributed by atoms with Crippen molar-refractivity contribution >= 4 is 23.3 Å². The second kappa shape index (κ2) is 7.76. The lowest BCUT2D eigenvalue weighted by atomic mass is 10.0. The van der Waals surface area contributed by atoms with Crippen LogP contribution in [-0.4, -0.2) is 19.6 Å². The SMILES string of the molecule is COC(CNC(=O)/C=C/c1cccs1)c1ccccc1C. The van der Waals surface area contributed by atoms with Gasteiger partial charge in [-0.1, -0.05) is 30.3 Å². The number of rotatable bonds is 6. The first-order chi connectivity index (χ1) is 10.2. The van der Waals surface area contributed by atoms with Crippen molar-refractivity contribution in [2.24, 2.45) is 0 Å². The summed E-state index contributed by atoms with van der Waals surface area (Å²) in [7, 11) is 1.66. The molecular formula is C17H19NO2S.